The van der Waals surface area contributed by atoms with Crippen LogP contribution in [0, 0.1) is 12.3 Å². The highest BCUT2D eigenvalue weighted by Crippen LogP contribution is 2.28. The number of carbonyl (C=O) groups is 3. The van der Waals surface area contributed by atoms with Crippen LogP contribution >= 0.6 is 11.8 Å². The predicted molar refractivity (Wildman–Crippen MR) is 203 cm³/mol. The van der Waals surface area contributed by atoms with Crippen molar-refractivity contribution >= 4 is 39.8 Å². The van der Waals surface area contributed by atoms with Gasteiger partial charge in [0.15, 0.2) is 0 Å². The average Bonchev–Trinajstić information content (AvgIpc) is 3.44. The Kier molecular flexibility index (Phi) is 11.6. The van der Waals surface area contributed by atoms with E-state index in [1.165, 1.54) is 11.8 Å². The standard InChI is InChI=1S/C41H46N4O4S/c1-6-12-35-44-36-26(2)21-30(38(46)43-31(22-27-13-8-7-9-14-27)25-50-40(49)37(42)41(3,4)5)23-34(36)45(35)24-28-17-19-29(20-18-28)32-15-10-11-16-33(32)39(47)48/h7-11,13-21,23,31,37H,6,12,22,24-25,42H2,1-5H3,(H,43,46)(H,47,48). The van der Waals surface area contributed by atoms with E-state index in [0.717, 1.165) is 52.0 Å². The van der Waals surface area contributed by atoms with Gasteiger partial charge in [0.1, 0.15) is 5.82 Å². The molecule has 4 aromatic carbocycles. The highest BCUT2D eigenvalue weighted by Gasteiger charge is 2.29. The Morgan fingerprint density at radius 3 is 2.28 bits per heavy atom. The van der Waals surface area contributed by atoms with Crippen LogP contribution in [-0.4, -0.2) is 49.5 Å². The van der Waals surface area contributed by atoms with Crippen LogP contribution in [0.25, 0.3) is 22.2 Å². The monoisotopic (exact) mass is 690 g/mol. The van der Waals surface area contributed by atoms with Crippen LogP contribution < -0.4 is 11.1 Å². The highest BCUT2D eigenvalue weighted by atomic mass is 32.2. The molecular weight excluding hydrogens is 645 g/mol. The van der Waals surface area contributed by atoms with Crippen LogP contribution in [0.1, 0.15) is 77.3 Å². The number of hydrogen-bond acceptors (Lipinski definition) is 6. The number of benzene rings is 4. The number of imidazole rings is 1. The van der Waals surface area contributed by atoms with Gasteiger partial charge in [-0.05, 0) is 71.2 Å². The lowest BCUT2D eigenvalue weighted by atomic mass is 9.88. The number of aryl methyl sites for hydroxylation is 2. The first-order chi connectivity index (χ1) is 23.8. The molecule has 2 atom stereocenters. The Labute approximate surface area is 298 Å². The van der Waals surface area contributed by atoms with Gasteiger partial charge >= 0.3 is 5.97 Å². The summed E-state index contributed by atoms with van der Waals surface area (Å²) in [5.74, 6) is 0.166. The first-order valence-corrected chi connectivity index (χ1v) is 18.0. The molecule has 5 rings (SSSR count). The molecule has 0 aliphatic rings. The second-order valence-electron chi connectivity index (χ2n) is 13.9. The van der Waals surface area contributed by atoms with Crippen LogP contribution in [0.3, 0.4) is 0 Å². The van der Waals surface area contributed by atoms with Crippen molar-refractivity contribution in [3.63, 3.8) is 0 Å². The van der Waals surface area contributed by atoms with E-state index >= 15 is 0 Å². The molecule has 4 N–H and O–H groups in total. The maximum atomic E-state index is 13.9. The third-order valence-electron chi connectivity index (χ3n) is 8.90. The Morgan fingerprint density at radius 2 is 1.62 bits per heavy atom. The fourth-order valence-corrected chi connectivity index (χ4v) is 7.10. The van der Waals surface area contributed by atoms with Crippen molar-refractivity contribution in [2.75, 3.05) is 5.75 Å². The number of aromatic carboxylic acids is 1. The van der Waals surface area contributed by atoms with Crippen molar-refractivity contribution in [1.29, 1.82) is 0 Å². The third kappa shape index (κ3) is 8.70. The molecule has 0 saturated heterocycles. The number of nitrogens with two attached hydrogens (primary N) is 1. The quantitative estimate of drug-likeness (QED) is 0.116. The summed E-state index contributed by atoms with van der Waals surface area (Å²) in [7, 11) is 0. The van der Waals surface area contributed by atoms with Gasteiger partial charge in [0.2, 0.25) is 5.12 Å². The molecule has 9 heteroatoms. The Balaban J connectivity index is 1.42. The fraction of sp³-hybridized carbons (Fsp3) is 0.317. The molecule has 1 amide bonds. The first kappa shape index (κ1) is 36.5. The molecule has 0 saturated carbocycles. The zero-order chi connectivity index (χ0) is 36.0. The van der Waals surface area contributed by atoms with Crippen LogP contribution in [-0.2, 0) is 24.2 Å². The molecule has 8 nitrogen and oxygen atoms in total. The van der Waals surface area contributed by atoms with E-state index in [-0.39, 0.29) is 28.0 Å². The number of nitrogens with one attached hydrogen (secondary N) is 1. The van der Waals surface area contributed by atoms with Gasteiger partial charge in [-0.3, -0.25) is 9.59 Å². The van der Waals surface area contributed by atoms with Gasteiger partial charge in [-0.25, -0.2) is 9.78 Å². The van der Waals surface area contributed by atoms with E-state index in [1.54, 1.807) is 12.1 Å². The summed E-state index contributed by atoms with van der Waals surface area (Å²) in [6, 6.07) is 27.7. The minimum Gasteiger partial charge on any atom is -0.478 e. The average molecular weight is 691 g/mol. The molecule has 0 aliphatic carbocycles. The molecule has 0 spiro atoms. The van der Waals surface area contributed by atoms with Crippen molar-refractivity contribution in [1.82, 2.24) is 14.9 Å². The normalized spacial score (nSPS) is 12.8. The van der Waals surface area contributed by atoms with Gasteiger partial charge in [-0.15, -0.1) is 0 Å². The largest absolute Gasteiger partial charge is 0.478 e. The lowest BCUT2D eigenvalue weighted by Crippen LogP contribution is -2.43. The fourth-order valence-electron chi connectivity index (χ4n) is 6.00. The Morgan fingerprint density at radius 1 is 0.940 bits per heavy atom. The lowest BCUT2D eigenvalue weighted by molar-refractivity contribution is -0.114. The Bertz CT molecular complexity index is 1980. The van der Waals surface area contributed by atoms with E-state index in [0.29, 0.717) is 29.8 Å². The number of rotatable bonds is 13. The summed E-state index contributed by atoms with van der Waals surface area (Å²) in [4.78, 5) is 43.7. The molecule has 2 unspecified atom stereocenters. The molecule has 1 aromatic heterocycles. The molecule has 0 fully saturated rings. The Hall–Kier alpha value is -4.73. The second-order valence-corrected chi connectivity index (χ2v) is 14.9. The van der Waals surface area contributed by atoms with Crippen LogP contribution in [0.2, 0.25) is 0 Å². The lowest BCUT2D eigenvalue weighted by Gasteiger charge is -2.26. The highest BCUT2D eigenvalue weighted by molar-refractivity contribution is 8.13. The number of carbonyl (C=O) groups excluding carboxylic acids is 2. The molecule has 0 radical (unpaired) electrons. The van der Waals surface area contributed by atoms with Crippen LogP contribution in [0.4, 0.5) is 0 Å². The van der Waals surface area contributed by atoms with Crippen LogP contribution in [0.15, 0.2) is 91.0 Å². The number of aromatic nitrogens is 2. The SMILES string of the molecule is CCCc1nc2c(C)cc(C(=O)NC(CSC(=O)C(N)C(C)(C)C)Cc3ccccc3)cc2n1Cc1ccc(-c2ccccc2C(=O)O)cc1. The minimum absolute atomic E-state index is 0.0893. The number of carboxylic acid groups (broad SMARTS) is 1. The van der Waals surface area contributed by atoms with Gasteiger partial charge in [-0.1, -0.05) is 112 Å². The summed E-state index contributed by atoms with van der Waals surface area (Å²) in [5.41, 5.74) is 12.9. The van der Waals surface area contributed by atoms with Crippen molar-refractivity contribution in [2.24, 2.45) is 11.1 Å². The summed E-state index contributed by atoms with van der Waals surface area (Å²) in [6.45, 7) is 10.5. The number of carboxylic acids is 1. The zero-order valence-corrected chi connectivity index (χ0v) is 30.2. The van der Waals surface area contributed by atoms with E-state index in [9.17, 15) is 19.5 Å². The van der Waals surface area contributed by atoms with Gasteiger partial charge in [0.05, 0.1) is 22.6 Å². The molecule has 260 valence electrons. The van der Waals surface area contributed by atoms with Gasteiger partial charge in [0.25, 0.3) is 5.91 Å². The van der Waals surface area contributed by atoms with Crippen molar-refractivity contribution < 1.29 is 19.5 Å². The molecule has 1 heterocycles. The maximum absolute atomic E-state index is 13.9. The molecule has 5 aromatic rings. The molecule has 50 heavy (non-hydrogen) atoms. The van der Waals surface area contributed by atoms with E-state index < -0.39 is 12.0 Å². The van der Waals surface area contributed by atoms with Gasteiger partial charge in [-0.2, -0.15) is 0 Å². The number of fused-ring (bicyclic) bond motifs is 1. The molecular formula is C41H46N4O4S. The first-order valence-electron chi connectivity index (χ1n) is 17.0. The number of thioether (sulfide) groups is 1. The minimum atomic E-state index is -0.961. The van der Waals surface area contributed by atoms with E-state index in [2.05, 4.69) is 16.8 Å². The molecule has 0 aliphatic heterocycles. The van der Waals surface area contributed by atoms with Crippen molar-refractivity contribution in [3.8, 4) is 11.1 Å². The topological polar surface area (TPSA) is 127 Å². The summed E-state index contributed by atoms with van der Waals surface area (Å²) < 4.78 is 2.17. The van der Waals surface area contributed by atoms with E-state index in [4.69, 9.17) is 10.7 Å². The summed E-state index contributed by atoms with van der Waals surface area (Å²) >= 11 is 1.17. The van der Waals surface area contributed by atoms with Gasteiger partial charge < -0.3 is 20.7 Å². The zero-order valence-electron chi connectivity index (χ0n) is 29.4. The number of nitrogens with zero attached hydrogens (tertiary/aromatic N) is 2. The summed E-state index contributed by atoms with van der Waals surface area (Å²) in [5, 5.41) is 12.8. The van der Waals surface area contributed by atoms with Gasteiger partial charge in [0, 0.05) is 30.3 Å². The maximum Gasteiger partial charge on any atom is 0.336 e. The van der Waals surface area contributed by atoms with Crippen molar-refractivity contribution in [3.05, 3.63) is 125 Å². The summed E-state index contributed by atoms with van der Waals surface area (Å²) in [6.07, 6.45) is 2.27. The third-order valence-corrected chi connectivity index (χ3v) is 10.0. The van der Waals surface area contributed by atoms with Crippen molar-refractivity contribution in [2.45, 2.75) is 72.5 Å². The predicted octanol–water partition coefficient (Wildman–Crippen LogP) is 7.69. The smallest absolute Gasteiger partial charge is 0.336 e. The van der Waals surface area contributed by atoms with E-state index in [1.807, 2.05) is 107 Å². The second kappa shape index (κ2) is 15.9. The molecule has 0 bridgehead atoms. The number of amides is 1. The van der Waals surface area contributed by atoms with Crippen LogP contribution in [0.5, 0.6) is 0 Å². The number of hydrogen-bond donors (Lipinski definition) is 3.